The van der Waals surface area contributed by atoms with E-state index in [0.717, 1.165) is 28.4 Å². The van der Waals surface area contributed by atoms with Crippen molar-refractivity contribution in [2.24, 2.45) is 0 Å². The number of benzene rings is 1. The van der Waals surface area contributed by atoms with Crippen molar-refractivity contribution in [2.75, 3.05) is 6.54 Å². The summed E-state index contributed by atoms with van der Waals surface area (Å²) in [5.74, 6) is 1.56. The number of nitrogens with zero attached hydrogens (tertiary/aromatic N) is 6. The van der Waals surface area contributed by atoms with E-state index in [2.05, 4.69) is 26.7 Å². The zero-order chi connectivity index (χ0) is 19.3. The number of aromatic nitrogens is 5. The molecular weight excluding hydrogens is 352 g/mol. The standard InChI is InChI=1S/C21H20N6O/c1-14-8-9-18-22-17(12-25(18)10-14)21(28)26-11-15(2)27-19(13-26)23-24-20(27)16-6-4-3-5-7-16/h3-10,12,15H,11,13H2,1-2H3/t15-/m0/s1. The van der Waals surface area contributed by atoms with Crippen molar-refractivity contribution in [3.8, 4) is 11.4 Å². The smallest absolute Gasteiger partial charge is 0.274 e. The number of carbonyl (C=O) groups is 1. The number of hydrogen-bond donors (Lipinski definition) is 0. The monoisotopic (exact) mass is 372 g/mol. The first-order valence-electron chi connectivity index (χ1n) is 9.34. The Bertz CT molecular complexity index is 1180. The molecule has 0 fully saturated rings. The van der Waals surface area contributed by atoms with Gasteiger partial charge in [0.2, 0.25) is 0 Å². The number of carbonyl (C=O) groups excluding carboxylic acids is 1. The largest absolute Gasteiger partial charge is 0.328 e. The van der Waals surface area contributed by atoms with Crippen LogP contribution in [0.1, 0.15) is 34.8 Å². The molecule has 0 radical (unpaired) electrons. The molecule has 0 unspecified atom stereocenters. The van der Waals surface area contributed by atoms with Crippen molar-refractivity contribution in [1.82, 2.24) is 29.0 Å². The van der Waals surface area contributed by atoms with Crippen LogP contribution in [0.2, 0.25) is 0 Å². The van der Waals surface area contributed by atoms with Crippen LogP contribution in [-0.2, 0) is 6.54 Å². The molecule has 28 heavy (non-hydrogen) atoms. The van der Waals surface area contributed by atoms with Gasteiger partial charge < -0.3 is 13.9 Å². The number of imidazole rings is 1. The third-order valence-corrected chi connectivity index (χ3v) is 5.16. The molecule has 1 aliphatic rings. The van der Waals surface area contributed by atoms with Crippen LogP contribution >= 0.6 is 0 Å². The van der Waals surface area contributed by atoms with Crippen LogP contribution in [0.15, 0.2) is 54.9 Å². The maximum absolute atomic E-state index is 13.1. The third kappa shape index (κ3) is 2.67. The first-order chi connectivity index (χ1) is 13.6. The molecule has 0 saturated carbocycles. The summed E-state index contributed by atoms with van der Waals surface area (Å²) in [4.78, 5) is 19.4. The molecule has 7 nitrogen and oxygen atoms in total. The van der Waals surface area contributed by atoms with E-state index in [1.807, 2.05) is 60.0 Å². The molecule has 0 saturated heterocycles. The van der Waals surface area contributed by atoms with E-state index in [1.165, 1.54) is 0 Å². The summed E-state index contributed by atoms with van der Waals surface area (Å²) in [5.41, 5.74) is 3.38. The topological polar surface area (TPSA) is 68.3 Å². The first-order valence-corrected chi connectivity index (χ1v) is 9.34. The molecule has 140 valence electrons. The molecule has 1 aromatic carbocycles. The fourth-order valence-electron chi connectivity index (χ4n) is 3.84. The Balaban J connectivity index is 1.46. The van der Waals surface area contributed by atoms with Crippen LogP contribution in [0.3, 0.4) is 0 Å². The second kappa shape index (κ2) is 6.30. The Kier molecular flexibility index (Phi) is 3.75. The Morgan fingerprint density at radius 3 is 2.71 bits per heavy atom. The van der Waals surface area contributed by atoms with E-state index in [-0.39, 0.29) is 11.9 Å². The minimum absolute atomic E-state index is 0.0799. The number of amides is 1. The van der Waals surface area contributed by atoms with Crippen molar-refractivity contribution in [2.45, 2.75) is 26.4 Å². The average molecular weight is 372 g/mol. The van der Waals surface area contributed by atoms with E-state index >= 15 is 0 Å². The van der Waals surface area contributed by atoms with Gasteiger partial charge in [0, 0.05) is 24.5 Å². The van der Waals surface area contributed by atoms with Gasteiger partial charge in [0.1, 0.15) is 11.3 Å². The molecular formula is C21H20N6O. The quantitative estimate of drug-likeness (QED) is 0.542. The summed E-state index contributed by atoms with van der Waals surface area (Å²) in [5, 5.41) is 8.74. The molecule has 1 aliphatic heterocycles. The molecule has 0 N–H and O–H groups in total. The lowest BCUT2D eigenvalue weighted by Gasteiger charge is -2.32. The first kappa shape index (κ1) is 16.7. The summed E-state index contributed by atoms with van der Waals surface area (Å²) >= 11 is 0. The maximum atomic E-state index is 13.1. The highest BCUT2D eigenvalue weighted by Crippen LogP contribution is 2.28. The molecule has 7 heteroatoms. The van der Waals surface area contributed by atoms with Gasteiger partial charge in [-0.05, 0) is 25.5 Å². The number of aryl methyl sites for hydroxylation is 1. The van der Waals surface area contributed by atoms with E-state index in [9.17, 15) is 4.79 Å². The van der Waals surface area contributed by atoms with Gasteiger partial charge in [-0.25, -0.2) is 4.98 Å². The Hall–Kier alpha value is -3.48. The van der Waals surface area contributed by atoms with E-state index in [1.54, 1.807) is 11.1 Å². The molecule has 4 aromatic rings. The highest BCUT2D eigenvalue weighted by molar-refractivity contribution is 5.93. The number of hydrogen-bond acceptors (Lipinski definition) is 4. The highest BCUT2D eigenvalue weighted by atomic mass is 16.2. The van der Waals surface area contributed by atoms with Crippen molar-refractivity contribution >= 4 is 11.6 Å². The summed E-state index contributed by atoms with van der Waals surface area (Å²) < 4.78 is 4.03. The van der Waals surface area contributed by atoms with Crippen molar-refractivity contribution < 1.29 is 4.79 Å². The van der Waals surface area contributed by atoms with Crippen molar-refractivity contribution in [3.63, 3.8) is 0 Å². The van der Waals surface area contributed by atoms with Crippen LogP contribution in [-0.4, -0.2) is 41.5 Å². The van der Waals surface area contributed by atoms with Crippen molar-refractivity contribution in [3.05, 3.63) is 71.9 Å². The zero-order valence-corrected chi connectivity index (χ0v) is 15.8. The van der Waals surface area contributed by atoms with Gasteiger partial charge >= 0.3 is 0 Å². The lowest BCUT2D eigenvalue weighted by Crippen LogP contribution is -2.40. The second-order valence-electron chi connectivity index (χ2n) is 7.31. The zero-order valence-electron chi connectivity index (χ0n) is 15.8. The van der Waals surface area contributed by atoms with Gasteiger partial charge in [0.25, 0.3) is 5.91 Å². The predicted molar refractivity (Wildman–Crippen MR) is 105 cm³/mol. The van der Waals surface area contributed by atoms with Gasteiger partial charge in [-0.3, -0.25) is 4.79 Å². The van der Waals surface area contributed by atoms with Gasteiger partial charge in [-0.1, -0.05) is 36.4 Å². The minimum Gasteiger partial charge on any atom is -0.328 e. The predicted octanol–water partition coefficient (Wildman–Crippen LogP) is 3.12. The second-order valence-corrected chi connectivity index (χ2v) is 7.31. The lowest BCUT2D eigenvalue weighted by atomic mass is 10.1. The fraction of sp³-hybridized carbons (Fsp3) is 0.238. The Labute approximate surface area is 162 Å². The SMILES string of the molecule is Cc1ccc2nc(C(=O)N3Cc4nnc(-c5ccccc5)n4[C@@H](C)C3)cn2c1. The summed E-state index contributed by atoms with van der Waals surface area (Å²) in [7, 11) is 0. The number of rotatable bonds is 2. The van der Waals surface area contributed by atoms with Crippen LogP contribution in [0.25, 0.3) is 17.0 Å². The summed E-state index contributed by atoms with van der Waals surface area (Å²) in [6.45, 7) is 5.13. The van der Waals surface area contributed by atoms with Crippen LogP contribution in [0, 0.1) is 6.92 Å². The lowest BCUT2D eigenvalue weighted by molar-refractivity contribution is 0.0677. The van der Waals surface area contributed by atoms with E-state index in [0.29, 0.717) is 18.8 Å². The maximum Gasteiger partial charge on any atom is 0.274 e. The molecule has 5 rings (SSSR count). The van der Waals surface area contributed by atoms with Crippen LogP contribution < -0.4 is 0 Å². The minimum atomic E-state index is -0.0799. The van der Waals surface area contributed by atoms with Gasteiger partial charge in [0.05, 0.1) is 12.6 Å². The molecule has 0 spiro atoms. The van der Waals surface area contributed by atoms with Gasteiger partial charge in [0.15, 0.2) is 11.6 Å². The molecule has 4 heterocycles. The average Bonchev–Trinajstić information content (AvgIpc) is 3.32. The van der Waals surface area contributed by atoms with E-state index < -0.39 is 0 Å². The van der Waals surface area contributed by atoms with E-state index in [4.69, 9.17) is 0 Å². The summed E-state index contributed by atoms with van der Waals surface area (Å²) in [6, 6.07) is 14.0. The Morgan fingerprint density at radius 2 is 1.89 bits per heavy atom. The van der Waals surface area contributed by atoms with Gasteiger partial charge in [-0.15, -0.1) is 10.2 Å². The van der Waals surface area contributed by atoms with Gasteiger partial charge in [-0.2, -0.15) is 0 Å². The molecule has 0 aliphatic carbocycles. The Morgan fingerprint density at radius 1 is 1.07 bits per heavy atom. The van der Waals surface area contributed by atoms with Crippen molar-refractivity contribution in [1.29, 1.82) is 0 Å². The number of pyridine rings is 1. The highest BCUT2D eigenvalue weighted by Gasteiger charge is 2.31. The molecule has 0 bridgehead atoms. The number of fused-ring (bicyclic) bond motifs is 2. The third-order valence-electron chi connectivity index (χ3n) is 5.16. The molecule has 3 aromatic heterocycles. The fourth-order valence-corrected chi connectivity index (χ4v) is 3.84. The van der Waals surface area contributed by atoms with Crippen LogP contribution in [0.4, 0.5) is 0 Å². The van der Waals surface area contributed by atoms with Crippen LogP contribution in [0.5, 0.6) is 0 Å². The molecule has 1 amide bonds. The molecule has 1 atom stereocenters. The summed E-state index contributed by atoms with van der Waals surface area (Å²) in [6.07, 6.45) is 3.77. The normalized spacial score (nSPS) is 16.4.